The zero-order valence-corrected chi connectivity index (χ0v) is 8.11. The maximum absolute atomic E-state index is 10.4. The molecule has 4 nitrogen and oxygen atoms in total. The highest BCUT2D eigenvalue weighted by atomic mass is 79.9. The van der Waals surface area contributed by atoms with Crippen LogP contribution < -0.4 is 0 Å². The monoisotopic (exact) mass is 240 g/mol. The SMILES string of the molecule is [C-]#[N+]c1ccc([N+](=O)[O-])cc1CBr. The summed E-state index contributed by atoms with van der Waals surface area (Å²) in [6.07, 6.45) is 0. The molecular weight excluding hydrogens is 236 g/mol. The van der Waals surface area contributed by atoms with Crippen LogP contribution in [0.15, 0.2) is 18.2 Å². The van der Waals surface area contributed by atoms with Gasteiger partial charge in [0.1, 0.15) is 0 Å². The number of benzene rings is 1. The standard InChI is InChI=1S/C8H5BrN2O2/c1-10-8-3-2-7(11(12)13)4-6(8)5-9/h2-4H,5H2. The third-order valence-electron chi connectivity index (χ3n) is 1.54. The van der Waals surface area contributed by atoms with E-state index in [1.54, 1.807) is 0 Å². The first-order valence-corrected chi connectivity index (χ1v) is 4.52. The summed E-state index contributed by atoms with van der Waals surface area (Å²) >= 11 is 3.17. The first-order chi connectivity index (χ1) is 6.19. The molecule has 66 valence electrons. The predicted molar refractivity (Wildman–Crippen MR) is 52.0 cm³/mol. The van der Waals surface area contributed by atoms with E-state index in [2.05, 4.69) is 20.8 Å². The summed E-state index contributed by atoms with van der Waals surface area (Å²) in [7, 11) is 0. The second-order valence-electron chi connectivity index (χ2n) is 2.32. The van der Waals surface area contributed by atoms with Crippen LogP contribution in [0.25, 0.3) is 4.85 Å². The van der Waals surface area contributed by atoms with Crippen molar-refractivity contribution in [1.29, 1.82) is 0 Å². The van der Waals surface area contributed by atoms with Gasteiger partial charge in [-0.1, -0.05) is 15.9 Å². The van der Waals surface area contributed by atoms with Gasteiger partial charge in [-0.15, -0.1) is 0 Å². The molecule has 0 saturated heterocycles. The van der Waals surface area contributed by atoms with Crippen molar-refractivity contribution in [1.82, 2.24) is 0 Å². The van der Waals surface area contributed by atoms with E-state index in [9.17, 15) is 10.1 Å². The highest BCUT2D eigenvalue weighted by Crippen LogP contribution is 2.26. The molecular formula is C8H5BrN2O2. The average molecular weight is 241 g/mol. The molecule has 1 rings (SSSR count). The summed E-state index contributed by atoms with van der Waals surface area (Å²) in [5.41, 5.74) is 1.11. The largest absolute Gasteiger partial charge is 0.267 e. The molecule has 0 atom stereocenters. The zero-order valence-electron chi connectivity index (χ0n) is 6.53. The number of hydrogen-bond donors (Lipinski definition) is 0. The minimum absolute atomic E-state index is 0.0156. The van der Waals surface area contributed by atoms with Crippen LogP contribution in [0.1, 0.15) is 5.56 Å². The summed E-state index contributed by atoms with van der Waals surface area (Å²) in [6, 6.07) is 4.20. The number of nitro benzene ring substituents is 1. The molecule has 0 amide bonds. The highest BCUT2D eigenvalue weighted by molar-refractivity contribution is 9.08. The van der Waals surface area contributed by atoms with E-state index >= 15 is 0 Å². The van der Waals surface area contributed by atoms with E-state index in [1.165, 1.54) is 18.2 Å². The Kier molecular flexibility index (Phi) is 2.98. The minimum atomic E-state index is -0.472. The second kappa shape index (κ2) is 4.01. The lowest BCUT2D eigenvalue weighted by Gasteiger charge is -1.98. The Balaban J connectivity index is 3.23. The molecule has 5 heteroatoms. The molecule has 0 aliphatic heterocycles. The van der Waals surface area contributed by atoms with Crippen molar-refractivity contribution in [3.63, 3.8) is 0 Å². The van der Waals surface area contributed by atoms with Crippen molar-refractivity contribution in [3.05, 3.63) is 45.3 Å². The van der Waals surface area contributed by atoms with Gasteiger partial charge in [0, 0.05) is 17.5 Å². The van der Waals surface area contributed by atoms with E-state index in [0.29, 0.717) is 16.6 Å². The van der Waals surface area contributed by atoms with E-state index in [4.69, 9.17) is 6.57 Å². The lowest BCUT2D eigenvalue weighted by Crippen LogP contribution is -1.88. The number of nitro groups is 1. The second-order valence-corrected chi connectivity index (χ2v) is 2.88. The number of alkyl halides is 1. The Bertz CT molecular complexity index is 384. The van der Waals surface area contributed by atoms with Crippen molar-refractivity contribution in [2.75, 3.05) is 0 Å². The van der Waals surface area contributed by atoms with Gasteiger partial charge in [-0.25, -0.2) is 4.85 Å². The molecule has 0 saturated carbocycles. The molecule has 13 heavy (non-hydrogen) atoms. The van der Waals surface area contributed by atoms with Gasteiger partial charge in [-0.05, 0) is 11.6 Å². The van der Waals surface area contributed by atoms with Crippen LogP contribution in [0.3, 0.4) is 0 Å². The van der Waals surface area contributed by atoms with Gasteiger partial charge in [0.15, 0.2) is 5.69 Å². The van der Waals surface area contributed by atoms with Crippen molar-refractivity contribution in [2.45, 2.75) is 5.33 Å². The maximum Gasteiger partial charge on any atom is 0.267 e. The van der Waals surface area contributed by atoms with Gasteiger partial charge in [0.05, 0.1) is 11.5 Å². The molecule has 0 unspecified atom stereocenters. The quantitative estimate of drug-likeness (QED) is 0.345. The summed E-state index contributed by atoms with van der Waals surface area (Å²) in [4.78, 5) is 13.1. The fourth-order valence-corrected chi connectivity index (χ4v) is 1.35. The Morgan fingerprint density at radius 3 is 2.77 bits per heavy atom. The van der Waals surface area contributed by atoms with Crippen molar-refractivity contribution < 1.29 is 4.92 Å². The first kappa shape index (κ1) is 9.68. The molecule has 0 bridgehead atoms. The fourth-order valence-electron chi connectivity index (χ4n) is 0.902. The molecule has 0 N–H and O–H groups in total. The van der Waals surface area contributed by atoms with E-state index in [-0.39, 0.29) is 5.69 Å². The number of nitrogens with zero attached hydrogens (tertiary/aromatic N) is 2. The number of halogens is 1. The molecule has 0 spiro atoms. The van der Waals surface area contributed by atoms with E-state index < -0.39 is 4.92 Å². The fraction of sp³-hybridized carbons (Fsp3) is 0.125. The lowest BCUT2D eigenvalue weighted by atomic mass is 10.2. The van der Waals surface area contributed by atoms with Crippen LogP contribution in [0.4, 0.5) is 11.4 Å². The molecule has 0 aliphatic rings. The normalized spacial score (nSPS) is 9.23. The Morgan fingerprint density at radius 1 is 1.62 bits per heavy atom. The third kappa shape index (κ3) is 2.04. The summed E-state index contributed by atoms with van der Waals surface area (Å²) in [5, 5.41) is 10.8. The van der Waals surface area contributed by atoms with Crippen LogP contribution in [0.5, 0.6) is 0 Å². The molecule has 0 fully saturated rings. The lowest BCUT2D eigenvalue weighted by molar-refractivity contribution is -0.384. The predicted octanol–water partition coefficient (Wildman–Crippen LogP) is 3.04. The summed E-state index contributed by atoms with van der Waals surface area (Å²) in [5.74, 6) is 0. The Labute approximate surface area is 83.3 Å². The third-order valence-corrected chi connectivity index (χ3v) is 2.14. The number of rotatable bonds is 2. The number of non-ortho nitro benzene ring substituents is 1. The smallest absolute Gasteiger partial charge is 0.258 e. The van der Waals surface area contributed by atoms with Crippen LogP contribution in [-0.2, 0) is 5.33 Å². The minimum Gasteiger partial charge on any atom is -0.258 e. The van der Waals surface area contributed by atoms with E-state index in [1.807, 2.05) is 0 Å². The zero-order chi connectivity index (χ0) is 9.84. The maximum atomic E-state index is 10.4. The molecule has 0 aromatic heterocycles. The van der Waals surface area contributed by atoms with Crippen molar-refractivity contribution in [2.24, 2.45) is 0 Å². The van der Waals surface area contributed by atoms with Crippen LogP contribution in [0, 0.1) is 16.7 Å². The summed E-state index contributed by atoms with van der Waals surface area (Å²) < 4.78 is 0. The molecule has 1 aromatic rings. The van der Waals surface area contributed by atoms with Gasteiger partial charge in [0.2, 0.25) is 0 Å². The molecule has 0 heterocycles. The molecule has 0 radical (unpaired) electrons. The van der Waals surface area contributed by atoms with Crippen LogP contribution in [-0.4, -0.2) is 4.92 Å². The van der Waals surface area contributed by atoms with Gasteiger partial charge in [-0.3, -0.25) is 10.1 Å². The van der Waals surface area contributed by atoms with Gasteiger partial charge in [-0.2, -0.15) is 0 Å². The Morgan fingerprint density at radius 2 is 2.31 bits per heavy atom. The van der Waals surface area contributed by atoms with Gasteiger partial charge in [0.25, 0.3) is 5.69 Å². The summed E-state index contributed by atoms with van der Waals surface area (Å²) in [6.45, 7) is 6.80. The van der Waals surface area contributed by atoms with E-state index in [0.717, 1.165) is 0 Å². The van der Waals surface area contributed by atoms with Gasteiger partial charge < -0.3 is 0 Å². The van der Waals surface area contributed by atoms with Gasteiger partial charge >= 0.3 is 0 Å². The Hall–Kier alpha value is -1.41. The molecule has 1 aromatic carbocycles. The highest BCUT2D eigenvalue weighted by Gasteiger charge is 2.09. The first-order valence-electron chi connectivity index (χ1n) is 3.39. The number of hydrogen-bond acceptors (Lipinski definition) is 2. The average Bonchev–Trinajstić information content (AvgIpc) is 2.16. The topological polar surface area (TPSA) is 47.5 Å². The van der Waals surface area contributed by atoms with Crippen molar-refractivity contribution in [3.8, 4) is 0 Å². The molecule has 0 aliphatic carbocycles. The van der Waals surface area contributed by atoms with Crippen molar-refractivity contribution >= 4 is 27.3 Å². The van der Waals surface area contributed by atoms with Crippen LogP contribution in [0.2, 0.25) is 0 Å². The van der Waals surface area contributed by atoms with Crippen LogP contribution >= 0.6 is 15.9 Å².